The van der Waals surface area contributed by atoms with Gasteiger partial charge in [0, 0.05) is 32.7 Å². The van der Waals surface area contributed by atoms with Crippen LogP contribution in [-0.2, 0) is 21.4 Å². The summed E-state index contributed by atoms with van der Waals surface area (Å²) in [5.41, 5.74) is 3.38. The van der Waals surface area contributed by atoms with Crippen LogP contribution in [0.5, 0.6) is 11.5 Å². The van der Waals surface area contributed by atoms with Gasteiger partial charge in [-0.05, 0) is 60.9 Å². The van der Waals surface area contributed by atoms with Crippen LogP contribution in [0.15, 0.2) is 71.6 Å². The van der Waals surface area contributed by atoms with Crippen molar-refractivity contribution in [1.82, 2.24) is 9.80 Å². The summed E-state index contributed by atoms with van der Waals surface area (Å²) in [6, 6.07) is 19.9. The number of amides is 1. The van der Waals surface area contributed by atoms with Crippen molar-refractivity contribution < 1.29 is 22.7 Å². The van der Waals surface area contributed by atoms with Crippen molar-refractivity contribution in [2.45, 2.75) is 25.3 Å². The van der Waals surface area contributed by atoms with E-state index in [0.29, 0.717) is 31.9 Å². The highest BCUT2D eigenvalue weighted by molar-refractivity contribution is 7.92. The van der Waals surface area contributed by atoms with Gasteiger partial charge in [0.05, 0.1) is 10.6 Å². The Bertz CT molecular complexity index is 1390. The second kappa shape index (κ2) is 10.4. The quantitative estimate of drug-likeness (QED) is 0.473. The lowest BCUT2D eigenvalue weighted by atomic mass is 10.1. The van der Waals surface area contributed by atoms with Gasteiger partial charge in [0.15, 0.2) is 11.5 Å². The van der Waals surface area contributed by atoms with Crippen LogP contribution in [0.2, 0.25) is 0 Å². The second-order valence-corrected chi connectivity index (χ2v) is 11.3. The summed E-state index contributed by atoms with van der Waals surface area (Å²) in [6.07, 6.45) is 0. The summed E-state index contributed by atoms with van der Waals surface area (Å²) in [7, 11) is -3.93. The van der Waals surface area contributed by atoms with Crippen LogP contribution < -0.4 is 13.8 Å². The molecular weight excluding hydrogens is 490 g/mol. The number of aryl methyl sites for hydroxylation is 2. The molecule has 0 saturated carbocycles. The molecule has 0 radical (unpaired) electrons. The third kappa shape index (κ3) is 5.42. The maximum atomic E-state index is 13.7. The van der Waals surface area contributed by atoms with Gasteiger partial charge in [-0.2, -0.15) is 0 Å². The predicted octanol–water partition coefficient (Wildman–Crippen LogP) is 3.57. The Hall–Kier alpha value is -3.56. The van der Waals surface area contributed by atoms with Crippen LogP contribution >= 0.6 is 0 Å². The number of sulfonamides is 1. The summed E-state index contributed by atoms with van der Waals surface area (Å²) < 4.78 is 39.5. The Labute approximate surface area is 218 Å². The molecule has 0 N–H and O–H groups in total. The zero-order valence-electron chi connectivity index (χ0n) is 21.1. The number of carbonyl (C=O) groups excluding carboxylic acids is 1. The van der Waals surface area contributed by atoms with Gasteiger partial charge < -0.3 is 14.4 Å². The minimum absolute atomic E-state index is 0.164. The van der Waals surface area contributed by atoms with E-state index in [-0.39, 0.29) is 24.1 Å². The number of ether oxygens (including phenoxy) is 2. The fourth-order valence-electron chi connectivity index (χ4n) is 4.68. The first kappa shape index (κ1) is 25.1. The number of hydrogen-bond donors (Lipinski definition) is 0. The zero-order valence-corrected chi connectivity index (χ0v) is 21.9. The summed E-state index contributed by atoms with van der Waals surface area (Å²) in [5, 5.41) is 0. The molecule has 0 bridgehead atoms. The molecule has 2 heterocycles. The first-order valence-electron chi connectivity index (χ1n) is 12.3. The highest BCUT2D eigenvalue weighted by Crippen LogP contribution is 2.33. The molecule has 0 aromatic heterocycles. The molecule has 3 aromatic carbocycles. The van der Waals surface area contributed by atoms with E-state index in [1.165, 1.54) is 4.31 Å². The van der Waals surface area contributed by atoms with E-state index >= 15 is 0 Å². The van der Waals surface area contributed by atoms with Gasteiger partial charge in [0.2, 0.25) is 12.7 Å². The maximum Gasteiger partial charge on any atom is 0.264 e. The van der Waals surface area contributed by atoms with Crippen molar-refractivity contribution in [3.8, 4) is 11.5 Å². The molecule has 5 rings (SSSR count). The molecule has 2 aliphatic rings. The van der Waals surface area contributed by atoms with Gasteiger partial charge in [-0.25, -0.2) is 8.42 Å². The number of rotatable bonds is 7. The Morgan fingerprint density at radius 3 is 2.38 bits per heavy atom. The van der Waals surface area contributed by atoms with Gasteiger partial charge in [0.1, 0.15) is 6.54 Å². The molecule has 9 heteroatoms. The predicted molar refractivity (Wildman–Crippen MR) is 141 cm³/mol. The zero-order chi connectivity index (χ0) is 26.0. The number of anilines is 1. The van der Waals surface area contributed by atoms with Crippen LogP contribution in [0.3, 0.4) is 0 Å². The first-order valence-corrected chi connectivity index (χ1v) is 13.8. The molecule has 194 valence electrons. The molecular formula is C28H31N3O5S. The number of benzene rings is 3. The first-order chi connectivity index (χ1) is 17.8. The Morgan fingerprint density at radius 1 is 0.892 bits per heavy atom. The minimum atomic E-state index is -3.93. The molecule has 3 aromatic rings. The number of hydrogen-bond acceptors (Lipinski definition) is 6. The van der Waals surface area contributed by atoms with E-state index < -0.39 is 10.0 Å². The third-order valence-corrected chi connectivity index (χ3v) is 8.59. The molecule has 8 nitrogen and oxygen atoms in total. The largest absolute Gasteiger partial charge is 0.454 e. The van der Waals surface area contributed by atoms with Gasteiger partial charge in [-0.3, -0.25) is 14.0 Å². The maximum absolute atomic E-state index is 13.7. The third-order valence-electron chi connectivity index (χ3n) is 6.81. The van der Waals surface area contributed by atoms with Crippen molar-refractivity contribution in [3.63, 3.8) is 0 Å². The van der Waals surface area contributed by atoms with Crippen molar-refractivity contribution in [2.24, 2.45) is 0 Å². The number of nitrogens with zero attached hydrogens (tertiary/aromatic N) is 3. The standard InChI is InChI=1S/C28H31N3O5S/c1-21-8-9-22(2)25(16-21)31(37(33,34)24-6-4-3-5-7-24)19-28(32)30-14-12-29(13-15-30)18-23-10-11-26-27(17-23)36-20-35-26/h3-11,16-17H,12-15,18-20H2,1-2H3. The highest BCUT2D eigenvalue weighted by Gasteiger charge is 2.31. The van der Waals surface area contributed by atoms with Crippen LogP contribution in [-0.4, -0.2) is 63.6 Å². The monoisotopic (exact) mass is 521 g/mol. The lowest BCUT2D eigenvalue weighted by Gasteiger charge is -2.36. The van der Waals surface area contributed by atoms with Crippen LogP contribution in [0.25, 0.3) is 0 Å². The number of fused-ring (bicyclic) bond motifs is 1. The lowest BCUT2D eigenvalue weighted by Crippen LogP contribution is -2.51. The SMILES string of the molecule is Cc1ccc(C)c(N(CC(=O)N2CCN(Cc3ccc4c(c3)OCO4)CC2)S(=O)(=O)c2ccccc2)c1. The van der Waals surface area contributed by atoms with Crippen molar-refractivity contribution in [2.75, 3.05) is 43.8 Å². The molecule has 1 fully saturated rings. The normalized spacial score (nSPS) is 15.6. The molecule has 2 aliphatic heterocycles. The Kier molecular flexibility index (Phi) is 7.08. The Balaban J connectivity index is 1.29. The van der Waals surface area contributed by atoms with Crippen LogP contribution in [0.1, 0.15) is 16.7 Å². The van der Waals surface area contributed by atoms with E-state index in [4.69, 9.17) is 9.47 Å². The molecule has 1 saturated heterocycles. The van der Waals surface area contributed by atoms with E-state index in [2.05, 4.69) is 4.90 Å². The van der Waals surface area contributed by atoms with E-state index in [0.717, 1.165) is 34.7 Å². The highest BCUT2D eigenvalue weighted by atomic mass is 32.2. The van der Waals surface area contributed by atoms with Crippen molar-refractivity contribution in [3.05, 3.63) is 83.4 Å². The van der Waals surface area contributed by atoms with Gasteiger partial charge in [0.25, 0.3) is 10.0 Å². The number of piperazine rings is 1. The fourth-order valence-corrected chi connectivity index (χ4v) is 6.17. The Morgan fingerprint density at radius 2 is 1.62 bits per heavy atom. The minimum Gasteiger partial charge on any atom is -0.454 e. The van der Waals surface area contributed by atoms with E-state index in [1.807, 2.05) is 50.2 Å². The van der Waals surface area contributed by atoms with Crippen LogP contribution in [0.4, 0.5) is 5.69 Å². The number of carbonyl (C=O) groups is 1. The lowest BCUT2D eigenvalue weighted by molar-refractivity contribution is -0.131. The average Bonchev–Trinajstić information content (AvgIpc) is 3.37. The summed E-state index contributed by atoms with van der Waals surface area (Å²) in [5.74, 6) is 1.32. The van der Waals surface area contributed by atoms with Crippen molar-refractivity contribution in [1.29, 1.82) is 0 Å². The topological polar surface area (TPSA) is 79.4 Å². The second-order valence-electron chi connectivity index (χ2n) is 9.46. The molecule has 0 aliphatic carbocycles. The van der Waals surface area contributed by atoms with Crippen molar-refractivity contribution >= 4 is 21.6 Å². The smallest absolute Gasteiger partial charge is 0.264 e. The molecule has 37 heavy (non-hydrogen) atoms. The van der Waals surface area contributed by atoms with Crippen LogP contribution in [0, 0.1) is 13.8 Å². The fraction of sp³-hybridized carbons (Fsp3) is 0.321. The molecule has 0 spiro atoms. The van der Waals surface area contributed by atoms with Gasteiger partial charge in [-0.15, -0.1) is 0 Å². The van der Waals surface area contributed by atoms with E-state index in [9.17, 15) is 13.2 Å². The summed E-state index contributed by atoms with van der Waals surface area (Å²) >= 11 is 0. The van der Waals surface area contributed by atoms with Gasteiger partial charge in [-0.1, -0.05) is 36.4 Å². The van der Waals surface area contributed by atoms with E-state index in [1.54, 1.807) is 35.2 Å². The molecule has 0 unspecified atom stereocenters. The molecule has 1 amide bonds. The average molecular weight is 522 g/mol. The summed E-state index contributed by atoms with van der Waals surface area (Å²) in [6.45, 7) is 7.01. The molecule has 0 atom stereocenters. The van der Waals surface area contributed by atoms with Gasteiger partial charge >= 0.3 is 0 Å². The summed E-state index contributed by atoms with van der Waals surface area (Å²) in [4.78, 5) is 17.6.